The van der Waals surface area contributed by atoms with Crippen molar-refractivity contribution in [2.45, 2.75) is 57.0 Å². The van der Waals surface area contributed by atoms with Crippen LogP contribution >= 0.6 is 22.6 Å². The lowest BCUT2D eigenvalue weighted by Gasteiger charge is -2.28. The van der Waals surface area contributed by atoms with E-state index in [-0.39, 0.29) is 23.0 Å². The number of benzene rings is 5. The first-order valence-electron chi connectivity index (χ1n) is 18.4. The lowest BCUT2D eigenvalue weighted by Crippen LogP contribution is -2.19. The molecule has 0 bridgehead atoms. The lowest BCUT2D eigenvalue weighted by atomic mass is 9.91. The number of phenolic OH excluding ortho intramolecular Hbond substituents is 4. The molecule has 2 saturated carbocycles. The van der Waals surface area contributed by atoms with Crippen LogP contribution in [0.2, 0.25) is 0 Å². The van der Waals surface area contributed by atoms with E-state index in [1.165, 1.54) is 24.0 Å². The van der Waals surface area contributed by atoms with Gasteiger partial charge >= 0.3 is 0 Å². The number of halogens is 1. The van der Waals surface area contributed by atoms with Crippen LogP contribution in [-0.4, -0.2) is 40.0 Å². The van der Waals surface area contributed by atoms with Gasteiger partial charge in [-0.3, -0.25) is 9.36 Å². The van der Waals surface area contributed by atoms with Gasteiger partial charge in [-0.1, -0.05) is 30.3 Å². The molecule has 2 fully saturated rings. The Balaban J connectivity index is 0.000000157. The number of rotatable bonds is 8. The number of aromatic nitrogens is 4. The van der Waals surface area contributed by atoms with Gasteiger partial charge in [-0.15, -0.1) is 0 Å². The Hall–Kier alpha value is -5.55. The van der Waals surface area contributed by atoms with Crippen LogP contribution in [0.4, 0.5) is 0 Å². The maximum atomic E-state index is 9.81. The molecule has 0 spiro atoms. The summed E-state index contributed by atoms with van der Waals surface area (Å²) in [5.41, 5.74) is 10.6. The molecule has 0 amide bonds. The van der Waals surface area contributed by atoms with Crippen molar-refractivity contribution in [3.8, 4) is 68.0 Å². The summed E-state index contributed by atoms with van der Waals surface area (Å²) in [6.45, 7) is 0. The topological polar surface area (TPSA) is 117 Å². The van der Waals surface area contributed by atoms with Crippen LogP contribution in [0.15, 0.2) is 127 Å². The van der Waals surface area contributed by atoms with Gasteiger partial charge < -0.3 is 20.4 Å². The fourth-order valence-corrected chi connectivity index (χ4v) is 8.08. The molecule has 5 aromatic carbocycles. The van der Waals surface area contributed by atoms with E-state index in [0.717, 1.165) is 80.7 Å². The van der Waals surface area contributed by atoms with E-state index in [2.05, 4.69) is 56.2 Å². The molecule has 0 radical (unpaired) electrons. The van der Waals surface area contributed by atoms with E-state index in [0.29, 0.717) is 12.1 Å². The minimum Gasteiger partial charge on any atom is -0.508 e. The van der Waals surface area contributed by atoms with Gasteiger partial charge in [-0.2, -0.15) is 10.2 Å². The van der Waals surface area contributed by atoms with Crippen molar-refractivity contribution in [3.63, 3.8) is 0 Å². The molecule has 0 unspecified atom stereocenters. The Kier molecular flexibility index (Phi) is 10.1. The van der Waals surface area contributed by atoms with E-state index in [4.69, 9.17) is 10.2 Å². The third kappa shape index (κ3) is 7.33. The Morgan fingerprint density at radius 3 is 1.31 bits per heavy atom. The van der Waals surface area contributed by atoms with Gasteiger partial charge in [0.1, 0.15) is 28.7 Å². The molecule has 8 nitrogen and oxygen atoms in total. The summed E-state index contributed by atoms with van der Waals surface area (Å²) in [7, 11) is 0. The van der Waals surface area contributed by atoms with Gasteiger partial charge in [-0.25, -0.2) is 0 Å². The number of phenols is 4. The largest absolute Gasteiger partial charge is 0.508 e. The predicted octanol–water partition coefficient (Wildman–Crippen LogP) is 10.9. The zero-order valence-electron chi connectivity index (χ0n) is 29.7. The lowest BCUT2D eigenvalue weighted by molar-refractivity contribution is 0.292. The molecule has 4 N–H and O–H groups in total. The number of hydrogen-bond donors (Lipinski definition) is 4. The van der Waals surface area contributed by atoms with Gasteiger partial charge in [0, 0.05) is 34.2 Å². The molecule has 9 heteroatoms. The third-order valence-corrected chi connectivity index (χ3v) is 11.5. The summed E-state index contributed by atoms with van der Waals surface area (Å²) in [6.07, 6.45) is 7.79. The highest BCUT2D eigenvalue weighted by Crippen LogP contribution is 2.43. The molecule has 0 aliphatic heterocycles. The maximum absolute atomic E-state index is 9.81. The highest BCUT2D eigenvalue weighted by atomic mass is 127. The molecule has 0 saturated heterocycles. The molecule has 2 aliphatic carbocycles. The zero-order valence-corrected chi connectivity index (χ0v) is 31.8. The minimum absolute atomic E-state index is 0.251. The second kappa shape index (κ2) is 15.4. The monoisotopic (exact) mass is 828 g/mol. The van der Waals surface area contributed by atoms with Crippen LogP contribution in [0.1, 0.15) is 61.7 Å². The first kappa shape index (κ1) is 35.5. The Bertz CT molecular complexity index is 2340. The minimum atomic E-state index is 0.251. The molecule has 2 aromatic heterocycles. The third-order valence-electron chi connectivity index (χ3n) is 10.5. The van der Waals surface area contributed by atoms with Crippen LogP contribution in [0.5, 0.6) is 23.0 Å². The van der Waals surface area contributed by atoms with E-state index >= 15 is 0 Å². The average molecular weight is 829 g/mol. The van der Waals surface area contributed by atoms with Gasteiger partial charge in [-0.05, 0) is 164 Å². The molecule has 7 aromatic rings. The summed E-state index contributed by atoms with van der Waals surface area (Å²) >= 11 is 2.35. The van der Waals surface area contributed by atoms with Crippen molar-refractivity contribution in [3.05, 3.63) is 142 Å². The molecule has 0 atom stereocenters. The molecule has 2 aliphatic rings. The van der Waals surface area contributed by atoms with Crippen molar-refractivity contribution in [2.75, 3.05) is 0 Å². The highest BCUT2D eigenvalue weighted by Gasteiger charge is 2.29. The fraction of sp³-hybridized carbons (Fsp3) is 0.200. The Morgan fingerprint density at radius 1 is 0.481 bits per heavy atom. The second-order valence-electron chi connectivity index (χ2n) is 14.1. The maximum Gasteiger partial charge on any atom is 0.115 e. The summed E-state index contributed by atoms with van der Waals surface area (Å²) in [5, 5.41) is 48.7. The van der Waals surface area contributed by atoms with Crippen molar-refractivity contribution < 1.29 is 20.4 Å². The average Bonchev–Trinajstić information content (AvgIpc) is 3.66. The van der Waals surface area contributed by atoms with E-state index in [1.54, 1.807) is 48.5 Å². The van der Waals surface area contributed by atoms with Gasteiger partial charge in [0.15, 0.2) is 0 Å². The Morgan fingerprint density at radius 2 is 0.870 bits per heavy atom. The number of aromatic hydroxyl groups is 4. The molecule has 272 valence electrons. The second-order valence-corrected chi connectivity index (χ2v) is 15.2. The Labute approximate surface area is 328 Å². The van der Waals surface area contributed by atoms with Crippen LogP contribution in [0, 0.1) is 3.57 Å². The fourth-order valence-electron chi connectivity index (χ4n) is 7.10. The molecule has 9 rings (SSSR count). The smallest absolute Gasteiger partial charge is 0.115 e. The van der Waals surface area contributed by atoms with Crippen LogP contribution in [0.3, 0.4) is 0 Å². The summed E-state index contributed by atoms with van der Waals surface area (Å²) in [6, 6.07) is 40.4. The van der Waals surface area contributed by atoms with Crippen molar-refractivity contribution in [1.82, 2.24) is 19.6 Å². The van der Waals surface area contributed by atoms with Crippen molar-refractivity contribution >= 4 is 22.6 Å². The van der Waals surface area contributed by atoms with Crippen LogP contribution in [-0.2, 0) is 6.42 Å². The summed E-state index contributed by atoms with van der Waals surface area (Å²) in [4.78, 5) is 0. The SMILES string of the molecule is Oc1ccc(-c2nn(C3CCC3)c(-c3ccc(O)cc3)c2Cc2ccccc2)cc1.Oc1ccc(-c2nn(C3CCC3)c(-c3ccc(O)cc3)c2I)cc1. The summed E-state index contributed by atoms with van der Waals surface area (Å²) in [5.74, 6) is 1.03. The highest BCUT2D eigenvalue weighted by molar-refractivity contribution is 14.1. The van der Waals surface area contributed by atoms with Gasteiger partial charge in [0.2, 0.25) is 0 Å². The molecule has 2 heterocycles. The number of nitrogens with zero attached hydrogens (tertiary/aromatic N) is 4. The van der Waals surface area contributed by atoms with Gasteiger partial charge in [0.25, 0.3) is 0 Å². The van der Waals surface area contributed by atoms with Crippen LogP contribution < -0.4 is 0 Å². The van der Waals surface area contributed by atoms with E-state index in [9.17, 15) is 20.4 Å². The first-order chi connectivity index (χ1) is 26.3. The van der Waals surface area contributed by atoms with Crippen LogP contribution in [0.25, 0.3) is 45.0 Å². The van der Waals surface area contributed by atoms with Gasteiger partial charge in [0.05, 0.1) is 32.7 Å². The zero-order chi connectivity index (χ0) is 37.2. The van der Waals surface area contributed by atoms with E-state index in [1.807, 2.05) is 54.6 Å². The molecular weight excluding hydrogens is 787 g/mol. The van der Waals surface area contributed by atoms with Crippen molar-refractivity contribution in [1.29, 1.82) is 0 Å². The molecular formula is C45H41IN4O4. The quantitative estimate of drug-likeness (QED) is 0.113. The standard InChI is InChI=1S/C26H24N2O2.C19H17IN2O2/c29-22-13-9-19(10-14-22)25-24(17-18-5-2-1-3-6-18)26(20-11-15-23(30)16-12-20)28(27-25)21-7-4-8-21;20-17-18(12-4-8-15(23)9-5-12)21-22(14-2-1-3-14)19(17)13-6-10-16(24)11-7-13/h1-3,5-6,9-16,21,29-30H,4,7-8,17H2;4-11,14,23-24H,1-3H2. The summed E-state index contributed by atoms with van der Waals surface area (Å²) < 4.78 is 5.42. The van der Waals surface area contributed by atoms with E-state index < -0.39 is 0 Å². The predicted molar refractivity (Wildman–Crippen MR) is 221 cm³/mol. The normalized spacial score (nSPS) is 14.2. The first-order valence-corrected chi connectivity index (χ1v) is 19.5. The number of hydrogen-bond acceptors (Lipinski definition) is 6. The van der Waals surface area contributed by atoms with Crippen molar-refractivity contribution in [2.24, 2.45) is 0 Å². The molecule has 54 heavy (non-hydrogen) atoms.